The fourth-order valence-electron chi connectivity index (χ4n) is 3.76. The Kier molecular flexibility index (Phi) is 5.98. The van der Waals surface area contributed by atoms with Crippen molar-refractivity contribution in [2.24, 2.45) is 0 Å². The van der Waals surface area contributed by atoms with Crippen molar-refractivity contribution in [2.45, 2.75) is 32.2 Å². The van der Waals surface area contributed by atoms with Gasteiger partial charge in [0.25, 0.3) is 5.69 Å². The molecule has 1 amide bonds. The van der Waals surface area contributed by atoms with Crippen LogP contribution in [0.4, 0.5) is 11.4 Å². The Balaban J connectivity index is 1.54. The third-order valence-corrected chi connectivity index (χ3v) is 5.64. The maximum absolute atomic E-state index is 12.6. The number of hydrogen-bond donors (Lipinski definition) is 0. The van der Waals surface area contributed by atoms with Crippen molar-refractivity contribution in [3.63, 3.8) is 0 Å². The molecule has 0 radical (unpaired) electrons. The molecular weight excluding hydrogens is 356 g/mol. The largest absolute Gasteiger partial charge is 0.368 e. The molecule has 1 aromatic rings. The van der Waals surface area contributed by atoms with E-state index in [9.17, 15) is 14.9 Å². The van der Waals surface area contributed by atoms with Crippen LogP contribution in [0, 0.1) is 10.1 Å². The van der Waals surface area contributed by atoms with Crippen LogP contribution < -0.4 is 4.90 Å². The van der Waals surface area contributed by atoms with Crippen molar-refractivity contribution in [2.75, 3.05) is 44.2 Å². The number of nitro benzene ring substituents is 1. The number of carbonyl (C=O) groups excluding carboxylic acids is 1. The SMILES string of the molecule is C[C@H]1CCCCN1C(=O)CN1CCN(c2ccc([N+](=O)[O-])cc2Cl)CC1. The lowest BCUT2D eigenvalue weighted by Gasteiger charge is -2.38. The molecular formula is C18H25ClN4O3. The summed E-state index contributed by atoms with van der Waals surface area (Å²) in [7, 11) is 0. The molecule has 0 aromatic heterocycles. The van der Waals surface area contributed by atoms with Crippen LogP contribution in [0.3, 0.4) is 0 Å². The van der Waals surface area contributed by atoms with Gasteiger partial charge in [-0.1, -0.05) is 11.6 Å². The molecule has 0 spiro atoms. The first-order valence-electron chi connectivity index (χ1n) is 9.16. The second-order valence-corrected chi connectivity index (χ2v) is 7.50. The summed E-state index contributed by atoms with van der Waals surface area (Å²) in [6.45, 7) is 6.53. The molecule has 0 aliphatic carbocycles. The van der Waals surface area contributed by atoms with Crippen molar-refractivity contribution < 1.29 is 9.72 Å². The Labute approximate surface area is 158 Å². The molecule has 142 valence electrons. The summed E-state index contributed by atoms with van der Waals surface area (Å²) in [5, 5.41) is 11.2. The number of likely N-dealkylation sites (tertiary alicyclic amines) is 1. The summed E-state index contributed by atoms with van der Waals surface area (Å²) in [4.78, 5) is 29.3. The number of anilines is 1. The lowest BCUT2D eigenvalue weighted by molar-refractivity contribution is -0.384. The van der Waals surface area contributed by atoms with Crippen molar-refractivity contribution >= 4 is 28.9 Å². The van der Waals surface area contributed by atoms with E-state index in [1.165, 1.54) is 18.6 Å². The van der Waals surface area contributed by atoms with Gasteiger partial charge in [-0.15, -0.1) is 0 Å². The first kappa shape index (κ1) is 18.9. The third-order valence-electron chi connectivity index (χ3n) is 5.34. The number of piperidine rings is 1. The van der Waals surface area contributed by atoms with E-state index in [1.54, 1.807) is 6.07 Å². The average molecular weight is 381 g/mol. The molecule has 0 N–H and O–H groups in total. The maximum Gasteiger partial charge on any atom is 0.271 e. The Hall–Kier alpha value is -1.86. The van der Waals surface area contributed by atoms with Crippen molar-refractivity contribution in [1.82, 2.24) is 9.80 Å². The minimum atomic E-state index is -0.444. The van der Waals surface area contributed by atoms with Gasteiger partial charge in [-0.25, -0.2) is 0 Å². The summed E-state index contributed by atoms with van der Waals surface area (Å²) in [5.74, 6) is 0.221. The molecule has 26 heavy (non-hydrogen) atoms. The zero-order chi connectivity index (χ0) is 18.7. The van der Waals surface area contributed by atoms with E-state index in [4.69, 9.17) is 11.6 Å². The normalized spacial score (nSPS) is 21.7. The molecule has 0 unspecified atom stereocenters. The molecule has 3 rings (SSSR count). The number of rotatable bonds is 4. The zero-order valence-electron chi connectivity index (χ0n) is 15.1. The van der Waals surface area contributed by atoms with Gasteiger partial charge < -0.3 is 9.80 Å². The van der Waals surface area contributed by atoms with Crippen LogP contribution in [0.2, 0.25) is 5.02 Å². The third kappa shape index (κ3) is 4.27. The molecule has 2 aliphatic rings. The van der Waals surface area contributed by atoms with Crippen molar-refractivity contribution in [3.05, 3.63) is 33.3 Å². The number of halogens is 1. The van der Waals surface area contributed by atoms with Crippen molar-refractivity contribution in [1.29, 1.82) is 0 Å². The highest BCUT2D eigenvalue weighted by Gasteiger charge is 2.26. The molecule has 0 bridgehead atoms. The lowest BCUT2D eigenvalue weighted by atomic mass is 10.0. The van der Waals surface area contributed by atoms with Crippen LogP contribution in [-0.4, -0.2) is 65.9 Å². The van der Waals surface area contributed by atoms with Gasteiger partial charge in [0.2, 0.25) is 5.91 Å². The van der Waals surface area contributed by atoms with E-state index in [-0.39, 0.29) is 11.6 Å². The number of non-ortho nitro benzene ring substituents is 1. The number of hydrogen-bond acceptors (Lipinski definition) is 5. The maximum atomic E-state index is 12.6. The van der Waals surface area contributed by atoms with E-state index in [0.29, 0.717) is 17.6 Å². The van der Waals surface area contributed by atoms with Gasteiger partial charge in [0, 0.05) is 50.9 Å². The summed E-state index contributed by atoms with van der Waals surface area (Å²) in [6, 6.07) is 4.92. The van der Waals surface area contributed by atoms with Crippen LogP contribution in [0.25, 0.3) is 0 Å². The first-order valence-corrected chi connectivity index (χ1v) is 9.54. The Morgan fingerprint density at radius 2 is 1.96 bits per heavy atom. The van der Waals surface area contributed by atoms with E-state index in [2.05, 4.69) is 16.7 Å². The lowest BCUT2D eigenvalue weighted by Crippen LogP contribution is -2.52. The number of benzene rings is 1. The summed E-state index contributed by atoms with van der Waals surface area (Å²) in [6.07, 6.45) is 3.40. The highest BCUT2D eigenvalue weighted by atomic mass is 35.5. The highest BCUT2D eigenvalue weighted by molar-refractivity contribution is 6.33. The van der Waals surface area contributed by atoms with Gasteiger partial charge in [0.15, 0.2) is 0 Å². The number of carbonyl (C=O) groups is 1. The summed E-state index contributed by atoms with van der Waals surface area (Å²) < 4.78 is 0. The van der Waals surface area contributed by atoms with Gasteiger partial charge in [0.1, 0.15) is 0 Å². The fraction of sp³-hybridized carbons (Fsp3) is 0.611. The molecule has 2 heterocycles. The first-order chi connectivity index (χ1) is 12.5. The van der Waals surface area contributed by atoms with Gasteiger partial charge in [0.05, 0.1) is 22.2 Å². The second kappa shape index (κ2) is 8.22. The zero-order valence-corrected chi connectivity index (χ0v) is 15.8. The Morgan fingerprint density at radius 3 is 2.58 bits per heavy atom. The molecule has 1 aromatic carbocycles. The minimum absolute atomic E-state index is 0.00126. The molecule has 0 saturated carbocycles. The van der Waals surface area contributed by atoms with E-state index < -0.39 is 4.92 Å². The number of nitro groups is 1. The molecule has 8 heteroatoms. The second-order valence-electron chi connectivity index (χ2n) is 7.09. The Morgan fingerprint density at radius 1 is 1.23 bits per heavy atom. The molecule has 7 nitrogen and oxygen atoms in total. The molecule has 2 saturated heterocycles. The topological polar surface area (TPSA) is 69.9 Å². The molecule has 2 aliphatic heterocycles. The number of piperazine rings is 1. The van der Waals surface area contributed by atoms with Crippen LogP contribution in [-0.2, 0) is 4.79 Å². The summed E-state index contributed by atoms with van der Waals surface area (Å²) >= 11 is 6.22. The van der Waals surface area contributed by atoms with Gasteiger partial charge in [-0.2, -0.15) is 0 Å². The minimum Gasteiger partial charge on any atom is -0.368 e. The van der Waals surface area contributed by atoms with Gasteiger partial charge >= 0.3 is 0 Å². The number of nitrogens with zero attached hydrogens (tertiary/aromatic N) is 4. The van der Waals surface area contributed by atoms with Gasteiger partial charge in [-0.05, 0) is 32.3 Å². The van der Waals surface area contributed by atoms with Gasteiger partial charge in [-0.3, -0.25) is 19.8 Å². The average Bonchev–Trinajstić information content (AvgIpc) is 2.62. The van der Waals surface area contributed by atoms with Crippen LogP contribution in [0.5, 0.6) is 0 Å². The van der Waals surface area contributed by atoms with Crippen LogP contribution >= 0.6 is 11.6 Å². The number of amides is 1. The smallest absolute Gasteiger partial charge is 0.271 e. The van der Waals surface area contributed by atoms with Crippen LogP contribution in [0.1, 0.15) is 26.2 Å². The predicted molar refractivity (Wildman–Crippen MR) is 102 cm³/mol. The van der Waals surface area contributed by atoms with E-state index in [0.717, 1.165) is 51.3 Å². The monoisotopic (exact) mass is 380 g/mol. The van der Waals surface area contributed by atoms with Crippen LogP contribution in [0.15, 0.2) is 18.2 Å². The summed E-state index contributed by atoms with van der Waals surface area (Å²) in [5.41, 5.74) is 0.812. The Bertz CT molecular complexity index is 676. The highest BCUT2D eigenvalue weighted by Crippen LogP contribution is 2.30. The predicted octanol–water partition coefficient (Wildman–Crippen LogP) is 2.77. The molecule has 2 fully saturated rings. The standard InChI is InChI=1S/C18H25ClN4O3/c1-14-4-2-3-7-22(14)18(24)13-20-8-10-21(11-9-20)17-6-5-15(23(25)26)12-16(17)19/h5-6,12,14H,2-4,7-11,13H2,1H3/t14-/m0/s1. The van der Waals surface area contributed by atoms with E-state index >= 15 is 0 Å². The quantitative estimate of drug-likeness (QED) is 0.593. The fourth-order valence-corrected chi connectivity index (χ4v) is 4.06. The van der Waals surface area contributed by atoms with E-state index in [1.807, 2.05) is 4.90 Å². The van der Waals surface area contributed by atoms with Crippen molar-refractivity contribution in [3.8, 4) is 0 Å². The molecule has 1 atom stereocenters.